The van der Waals surface area contributed by atoms with Crippen LogP contribution >= 0.6 is 0 Å². The van der Waals surface area contributed by atoms with Gasteiger partial charge in [-0.25, -0.2) is 18.6 Å². The minimum absolute atomic E-state index is 0.317. The standard InChI is InChI=1S/C29H25F2N3O3/c1-19(29(36)37-2)33-28(35)26-12-3-20(16-27(26)22-6-10-25(31)11-7-22)15-23(17-34-14-13-32-18-34)21-4-8-24(30)9-5-21/h3-16,18-19H,17H2,1-2H3,(H,33,35)/b23-15+. The highest BCUT2D eigenvalue weighted by molar-refractivity contribution is 6.03. The number of benzene rings is 3. The first-order chi connectivity index (χ1) is 17.8. The number of amides is 1. The Morgan fingerprint density at radius 3 is 2.32 bits per heavy atom. The van der Waals surface area contributed by atoms with Gasteiger partial charge in [-0.2, -0.15) is 0 Å². The van der Waals surface area contributed by atoms with Gasteiger partial charge in [0.1, 0.15) is 17.7 Å². The van der Waals surface area contributed by atoms with Gasteiger partial charge in [-0.3, -0.25) is 4.79 Å². The van der Waals surface area contributed by atoms with Gasteiger partial charge < -0.3 is 14.6 Å². The molecule has 8 heteroatoms. The summed E-state index contributed by atoms with van der Waals surface area (Å²) in [6.45, 7) is 2.01. The number of nitrogens with one attached hydrogen (secondary N) is 1. The van der Waals surface area contributed by atoms with Gasteiger partial charge in [-0.05, 0) is 77.2 Å². The number of carbonyl (C=O) groups is 2. The number of aromatic nitrogens is 2. The van der Waals surface area contributed by atoms with E-state index in [0.717, 1.165) is 16.7 Å². The Morgan fingerprint density at radius 1 is 1.03 bits per heavy atom. The molecular formula is C29H25F2N3O3. The minimum atomic E-state index is -0.849. The number of esters is 1. The number of rotatable bonds is 8. The Morgan fingerprint density at radius 2 is 1.70 bits per heavy atom. The fourth-order valence-electron chi connectivity index (χ4n) is 3.89. The number of nitrogens with zero attached hydrogens (tertiary/aromatic N) is 2. The molecule has 0 aliphatic heterocycles. The van der Waals surface area contributed by atoms with Crippen LogP contribution in [-0.2, 0) is 16.1 Å². The summed E-state index contributed by atoms with van der Waals surface area (Å²) in [5, 5.41) is 2.64. The smallest absolute Gasteiger partial charge is 0.328 e. The van der Waals surface area contributed by atoms with E-state index in [1.165, 1.54) is 38.3 Å². The van der Waals surface area contributed by atoms with E-state index in [2.05, 4.69) is 10.3 Å². The maximum Gasteiger partial charge on any atom is 0.328 e. The van der Waals surface area contributed by atoms with Crippen LogP contribution in [0.5, 0.6) is 0 Å². The first-order valence-corrected chi connectivity index (χ1v) is 11.5. The molecule has 188 valence electrons. The lowest BCUT2D eigenvalue weighted by Crippen LogP contribution is -2.39. The molecule has 1 unspecified atom stereocenters. The Hall–Kier alpha value is -4.59. The van der Waals surface area contributed by atoms with Crippen LogP contribution < -0.4 is 5.32 Å². The Balaban J connectivity index is 1.78. The zero-order valence-electron chi connectivity index (χ0n) is 20.3. The predicted molar refractivity (Wildman–Crippen MR) is 137 cm³/mol. The number of allylic oxidation sites excluding steroid dienone is 1. The van der Waals surface area contributed by atoms with Crippen molar-refractivity contribution in [2.24, 2.45) is 0 Å². The topological polar surface area (TPSA) is 73.2 Å². The molecule has 0 radical (unpaired) electrons. The number of halogens is 2. The fraction of sp³-hybridized carbons (Fsp3) is 0.138. The maximum absolute atomic E-state index is 13.6. The first kappa shape index (κ1) is 25.5. The normalized spacial score (nSPS) is 12.2. The highest BCUT2D eigenvalue weighted by Crippen LogP contribution is 2.28. The van der Waals surface area contributed by atoms with Gasteiger partial charge >= 0.3 is 5.97 Å². The monoisotopic (exact) mass is 501 g/mol. The van der Waals surface area contributed by atoms with E-state index in [0.29, 0.717) is 23.2 Å². The lowest BCUT2D eigenvalue weighted by Gasteiger charge is -2.15. The van der Waals surface area contributed by atoms with E-state index in [1.54, 1.807) is 48.9 Å². The Bertz CT molecular complexity index is 1410. The molecule has 3 aromatic carbocycles. The fourth-order valence-corrected chi connectivity index (χ4v) is 3.89. The minimum Gasteiger partial charge on any atom is -0.467 e. The molecule has 37 heavy (non-hydrogen) atoms. The third-order valence-electron chi connectivity index (χ3n) is 5.81. The van der Waals surface area contributed by atoms with E-state index in [9.17, 15) is 18.4 Å². The van der Waals surface area contributed by atoms with Crippen molar-refractivity contribution in [2.75, 3.05) is 7.11 Å². The summed E-state index contributed by atoms with van der Waals surface area (Å²) < 4.78 is 33.8. The molecule has 0 saturated carbocycles. The first-order valence-electron chi connectivity index (χ1n) is 11.5. The third kappa shape index (κ3) is 6.35. The molecule has 4 rings (SSSR count). The molecule has 1 amide bonds. The molecule has 6 nitrogen and oxygen atoms in total. The highest BCUT2D eigenvalue weighted by Gasteiger charge is 2.20. The van der Waals surface area contributed by atoms with Gasteiger partial charge in [0, 0.05) is 24.5 Å². The number of hydrogen-bond acceptors (Lipinski definition) is 4. The maximum atomic E-state index is 13.6. The van der Waals surface area contributed by atoms with Crippen molar-refractivity contribution in [3.8, 4) is 11.1 Å². The van der Waals surface area contributed by atoms with Gasteiger partial charge in [-0.15, -0.1) is 0 Å². The molecule has 1 heterocycles. The van der Waals surface area contributed by atoms with E-state index < -0.39 is 23.7 Å². The molecule has 0 bridgehead atoms. The van der Waals surface area contributed by atoms with Crippen LogP contribution in [0.1, 0.15) is 28.4 Å². The van der Waals surface area contributed by atoms with E-state index >= 15 is 0 Å². The zero-order chi connectivity index (χ0) is 26.4. The van der Waals surface area contributed by atoms with Gasteiger partial charge in [-0.1, -0.05) is 30.3 Å². The number of methoxy groups -OCH3 is 1. The molecule has 0 fully saturated rings. The van der Waals surface area contributed by atoms with Crippen LogP contribution in [0.3, 0.4) is 0 Å². The van der Waals surface area contributed by atoms with Crippen LogP contribution in [0.4, 0.5) is 8.78 Å². The molecule has 0 saturated heterocycles. The van der Waals surface area contributed by atoms with E-state index in [1.807, 2.05) is 22.9 Å². The molecule has 0 aliphatic rings. The molecule has 4 aromatic rings. The van der Waals surface area contributed by atoms with Crippen molar-refractivity contribution in [3.05, 3.63) is 114 Å². The van der Waals surface area contributed by atoms with Crippen LogP contribution in [0.25, 0.3) is 22.8 Å². The van der Waals surface area contributed by atoms with Crippen molar-refractivity contribution < 1.29 is 23.1 Å². The molecular weight excluding hydrogens is 476 g/mol. The zero-order valence-corrected chi connectivity index (χ0v) is 20.3. The van der Waals surface area contributed by atoms with Crippen molar-refractivity contribution in [1.29, 1.82) is 0 Å². The van der Waals surface area contributed by atoms with Crippen LogP contribution in [0.15, 0.2) is 85.5 Å². The van der Waals surface area contributed by atoms with Crippen molar-refractivity contribution >= 4 is 23.5 Å². The number of hydrogen-bond donors (Lipinski definition) is 1. The predicted octanol–water partition coefficient (Wildman–Crippen LogP) is 5.36. The summed E-state index contributed by atoms with van der Waals surface area (Å²) in [7, 11) is 1.25. The van der Waals surface area contributed by atoms with Gasteiger partial charge in [0.25, 0.3) is 5.91 Å². The lowest BCUT2D eigenvalue weighted by molar-refractivity contribution is -0.142. The summed E-state index contributed by atoms with van der Waals surface area (Å²) in [5.41, 5.74) is 4.00. The summed E-state index contributed by atoms with van der Waals surface area (Å²) in [5.74, 6) is -1.77. The van der Waals surface area contributed by atoms with Crippen LogP contribution in [0.2, 0.25) is 0 Å². The molecule has 1 N–H and O–H groups in total. The second-order valence-electron chi connectivity index (χ2n) is 8.44. The summed E-state index contributed by atoms with van der Waals surface area (Å²) in [4.78, 5) is 29.0. The van der Waals surface area contributed by atoms with Gasteiger partial charge in [0.05, 0.1) is 13.4 Å². The summed E-state index contributed by atoms with van der Waals surface area (Å²) in [6, 6.07) is 16.4. The van der Waals surface area contributed by atoms with E-state index in [4.69, 9.17) is 4.74 Å². The second kappa shape index (κ2) is 11.4. The van der Waals surface area contributed by atoms with Crippen molar-refractivity contribution in [2.45, 2.75) is 19.5 Å². The highest BCUT2D eigenvalue weighted by atomic mass is 19.1. The van der Waals surface area contributed by atoms with E-state index in [-0.39, 0.29) is 5.82 Å². The summed E-state index contributed by atoms with van der Waals surface area (Å²) in [6.07, 6.45) is 7.14. The van der Waals surface area contributed by atoms with Crippen LogP contribution in [0, 0.1) is 11.6 Å². The van der Waals surface area contributed by atoms with Crippen molar-refractivity contribution in [3.63, 3.8) is 0 Å². The average molecular weight is 502 g/mol. The van der Waals surface area contributed by atoms with Gasteiger partial charge in [0.15, 0.2) is 0 Å². The second-order valence-corrected chi connectivity index (χ2v) is 8.44. The Labute approximate surface area is 213 Å². The molecule has 0 spiro atoms. The quantitative estimate of drug-likeness (QED) is 0.261. The number of ether oxygens (including phenoxy) is 1. The summed E-state index contributed by atoms with van der Waals surface area (Å²) >= 11 is 0. The molecule has 1 atom stereocenters. The van der Waals surface area contributed by atoms with Crippen molar-refractivity contribution in [1.82, 2.24) is 14.9 Å². The Kier molecular flexibility index (Phi) is 7.88. The SMILES string of the molecule is COC(=O)C(C)NC(=O)c1ccc(/C=C(\Cn2ccnc2)c2ccc(F)cc2)cc1-c1ccc(F)cc1. The van der Waals surface area contributed by atoms with Crippen LogP contribution in [-0.4, -0.2) is 34.6 Å². The average Bonchev–Trinajstić information content (AvgIpc) is 3.42. The molecule has 0 aliphatic carbocycles. The number of carbonyl (C=O) groups excluding carboxylic acids is 2. The third-order valence-corrected chi connectivity index (χ3v) is 5.81. The lowest BCUT2D eigenvalue weighted by atomic mass is 9.94. The largest absolute Gasteiger partial charge is 0.467 e. The molecule has 1 aromatic heterocycles. The number of imidazole rings is 1. The van der Waals surface area contributed by atoms with Gasteiger partial charge in [0.2, 0.25) is 0 Å².